The summed E-state index contributed by atoms with van der Waals surface area (Å²) in [4.78, 5) is 2.37. The predicted molar refractivity (Wildman–Crippen MR) is 76.9 cm³/mol. The Morgan fingerprint density at radius 3 is 3.00 bits per heavy atom. The van der Waals surface area contributed by atoms with Gasteiger partial charge in [-0.25, -0.2) is 0 Å². The molecule has 0 spiro atoms. The molecule has 1 N–H and O–H groups in total. The summed E-state index contributed by atoms with van der Waals surface area (Å²) in [5.41, 5.74) is 4.07. The van der Waals surface area contributed by atoms with Crippen LogP contribution in [0.5, 0.6) is 0 Å². The van der Waals surface area contributed by atoms with E-state index in [1.54, 1.807) is 0 Å². The molecule has 3 heteroatoms. The van der Waals surface area contributed by atoms with Gasteiger partial charge in [-0.05, 0) is 18.7 Å². The quantitative estimate of drug-likeness (QED) is 0.842. The monoisotopic (exact) mass is 254 g/mol. The average Bonchev–Trinajstić information content (AvgIpc) is 2.85. The molecule has 19 heavy (non-hydrogen) atoms. The van der Waals surface area contributed by atoms with Gasteiger partial charge in [0.1, 0.15) is 0 Å². The van der Waals surface area contributed by atoms with Gasteiger partial charge in [0.2, 0.25) is 0 Å². The molecule has 0 saturated carbocycles. The third-order valence-electron chi connectivity index (χ3n) is 4.53. The summed E-state index contributed by atoms with van der Waals surface area (Å²) < 4.78 is 2.36. The lowest BCUT2D eigenvalue weighted by Gasteiger charge is -2.40. The van der Waals surface area contributed by atoms with E-state index in [1.807, 2.05) is 0 Å². The maximum atomic E-state index is 9.47. The van der Waals surface area contributed by atoms with Crippen molar-refractivity contribution < 1.29 is 5.11 Å². The minimum Gasteiger partial charge on any atom is -0.396 e. The second kappa shape index (κ2) is 3.95. The fraction of sp³-hybridized carbons (Fsp3) is 0.375. The first kappa shape index (κ1) is 11.3. The molecule has 0 aliphatic carbocycles. The molecule has 0 saturated heterocycles. The Balaban J connectivity index is 1.97. The molecule has 3 heterocycles. The van der Waals surface area contributed by atoms with Crippen molar-refractivity contribution >= 4 is 16.5 Å². The van der Waals surface area contributed by atoms with Gasteiger partial charge < -0.3 is 9.67 Å². The SMILES string of the molecule is CN1C[C@@H](CO)C=C2c3cccc4ccn(c34)C[C@H]21. The van der Waals surface area contributed by atoms with Crippen molar-refractivity contribution in [1.29, 1.82) is 0 Å². The van der Waals surface area contributed by atoms with Crippen molar-refractivity contribution in [3.63, 3.8) is 0 Å². The van der Waals surface area contributed by atoms with Crippen molar-refractivity contribution in [3.8, 4) is 0 Å². The summed E-state index contributed by atoms with van der Waals surface area (Å²) in [5.74, 6) is 0.257. The van der Waals surface area contributed by atoms with E-state index in [1.165, 1.54) is 22.0 Å². The highest BCUT2D eigenvalue weighted by Crippen LogP contribution is 2.38. The Kier molecular flexibility index (Phi) is 2.34. The average molecular weight is 254 g/mol. The first-order valence-electron chi connectivity index (χ1n) is 6.89. The predicted octanol–water partition coefficient (Wildman–Crippen LogP) is 1.96. The van der Waals surface area contributed by atoms with Crippen molar-refractivity contribution in [1.82, 2.24) is 9.47 Å². The second-order valence-corrected chi connectivity index (χ2v) is 5.73. The van der Waals surface area contributed by atoms with Gasteiger partial charge >= 0.3 is 0 Å². The molecular weight excluding hydrogens is 236 g/mol. The Labute approximate surface area is 112 Å². The van der Waals surface area contributed by atoms with Gasteiger partial charge in [-0.15, -0.1) is 0 Å². The van der Waals surface area contributed by atoms with Crippen molar-refractivity contribution in [2.75, 3.05) is 20.2 Å². The lowest BCUT2D eigenvalue weighted by atomic mass is 9.86. The highest BCUT2D eigenvalue weighted by molar-refractivity contribution is 5.94. The van der Waals surface area contributed by atoms with Crippen LogP contribution in [0.15, 0.2) is 36.5 Å². The Morgan fingerprint density at radius 2 is 2.16 bits per heavy atom. The molecule has 2 aromatic rings. The van der Waals surface area contributed by atoms with E-state index < -0.39 is 0 Å². The number of rotatable bonds is 1. The number of hydrogen-bond acceptors (Lipinski definition) is 2. The summed E-state index contributed by atoms with van der Waals surface area (Å²) in [7, 11) is 2.16. The molecule has 3 nitrogen and oxygen atoms in total. The highest BCUT2D eigenvalue weighted by atomic mass is 16.3. The molecule has 0 bridgehead atoms. The topological polar surface area (TPSA) is 28.4 Å². The van der Waals surface area contributed by atoms with Crippen molar-refractivity contribution in [3.05, 3.63) is 42.1 Å². The zero-order valence-corrected chi connectivity index (χ0v) is 11.1. The van der Waals surface area contributed by atoms with Crippen LogP contribution in [0.25, 0.3) is 16.5 Å². The Bertz CT molecular complexity index is 670. The fourth-order valence-electron chi connectivity index (χ4n) is 3.60. The fourth-order valence-corrected chi connectivity index (χ4v) is 3.60. The minimum atomic E-state index is 0.234. The number of para-hydroxylation sites is 1. The number of aliphatic hydroxyl groups is 1. The van der Waals surface area contributed by atoms with Crippen LogP contribution in [0.3, 0.4) is 0 Å². The maximum Gasteiger partial charge on any atom is 0.0557 e. The zero-order chi connectivity index (χ0) is 13.0. The molecule has 98 valence electrons. The Morgan fingerprint density at radius 1 is 1.26 bits per heavy atom. The van der Waals surface area contributed by atoms with Crippen LogP contribution >= 0.6 is 0 Å². The van der Waals surface area contributed by atoms with Crippen molar-refractivity contribution in [2.45, 2.75) is 12.6 Å². The van der Waals surface area contributed by atoms with Gasteiger partial charge in [0.25, 0.3) is 0 Å². The van der Waals surface area contributed by atoms with E-state index in [2.05, 4.69) is 53.1 Å². The van der Waals surface area contributed by atoms with Gasteiger partial charge in [-0.2, -0.15) is 0 Å². The minimum absolute atomic E-state index is 0.234. The lowest BCUT2D eigenvalue weighted by Crippen LogP contribution is -2.44. The van der Waals surface area contributed by atoms with Gasteiger partial charge in [0.05, 0.1) is 18.2 Å². The van der Waals surface area contributed by atoms with E-state index in [0.29, 0.717) is 6.04 Å². The molecule has 2 aliphatic heterocycles. The molecule has 0 fully saturated rings. The molecule has 4 rings (SSSR count). The van der Waals surface area contributed by atoms with Gasteiger partial charge in [0.15, 0.2) is 0 Å². The van der Waals surface area contributed by atoms with E-state index in [0.717, 1.165) is 13.1 Å². The second-order valence-electron chi connectivity index (χ2n) is 5.73. The van der Waals surface area contributed by atoms with Crippen LogP contribution in [-0.2, 0) is 6.54 Å². The molecule has 2 atom stereocenters. The third-order valence-corrected chi connectivity index (χ3v) is 4.53. The normalized spacial score (nSPS) is 26.3. The van der Waals surface area contributed by atoms with Crippen LogP contribution in [0, 0.1) is 5.92 Å². The number of nitrogens with zero attached hydrogens (tertiary/aromatic N) is 2. The summed E-state index contributed by atoms with van der Waals surface area (Å²) in [6, 6.07) is 9.15. The first-order valence-corrected chi connectivity index (χ1v) is 6.89. The van der Waals surface area contributed by atoms with Crippen LogP contribution in [0.2, 0.25) is 0 Å². The molecule has 1 aromatic heterocycles. The molecular formula is C16H18N2O. The summed E-state index contributed by atoms with van der Waals surface area (Å²) in [6.45, 7) is 2.19. The largest absolute Gasteiger partial charge is 0.396 e. The van der Waals surface area contributed by atoms with Crippen LogP contribution < -0.4 is 0 Å². The van der Waals surface area contributed by atoms with E-state index in [9.17, 15) is 5.11 Å². The highest BCUT2D eigenvalue weighted by Gasteiger charge is 2.32. The zero-order valence-electron chi connectivity index (χ0n) is 11.1. The molecule has 0 radical (unpaired) electrons. The van der Waals surface area contributed by atoms with Gasteiger partial charge in [-0.3, -0.25) is 4.90 Å². The lowest BCUT2D eigenvalue weighted by molar-refractivity contribution is 0.174. The third kappa shape index (κ3) is 1.52. The van der Waals surface area contributed by atoms with Crippen LogP contribution in [-0.4, -0.2) is 40.8 Å². The number of aromatic nitrogens is 1. The van der Waals surface area contributed by atoms with Gasteiger partial charge in [0, 0.05) is 36.2 Å². The number of benzene rings is 1. The smallest absolute Gasteiger partial charge is 0.0557 e. The summed E-state index contributed by atoms with van der Waals surface area (Å²) >= 11 is 0. The van der Waals surface area contributed by atoms with E-state index in [-0.39, 0.29) is 12.5 Å². The number of likely N-dealkylation sites (N-methyl/N-ethyl adjacent to an activating group) is 1. The molecule has 2 aliphatic rings. The Hall–Kier alpha value is -1.58. The van der Waals surface area contributed by atoms with Crippen molar-refractivity contribution in [2.24, 2.45) is 5.92 Å². The number of hydrogen-bond donors (Lipinski definition) is 1. The summed E-state index contributed by atoms with van der Waals surface area (Å²) in [5, 5.41) is 10.8. The molecule has 0 unspecified atom stereocenters. The van der Waals surface area contributed by atoms with Gasteiger partial charge in [-0.1, -0.05) is 24.3 Å². The number of aliphatic hydroxyl groups excluding tert-OH is 1. The van der Waals surface area contributed by atoms with E-state index in [4.69, 9.17) is 0 Å². The maximum absolute atomic E-state index is 9.47. The number of fused-ring (bicyclic) bond motifs is 2. The van der Waals surface area contributed by atoms with Crippen LogP contribution in [0.4, 0.5) is 0 Å². The first-order chi connectivity index (χ1) is 9.28. The van der Waals surface area contributed by atoms with E-state index >= 15 is 0 Å². The standard InChI is InChI=1S/C16H18N2O/c1-17-8-11(10-19)7-14-13-4-2-3-12-5-6-18(16(12)13)9-15(14)17/h2-7,11,15,19H,8-10H2,1H3/t11-,15+/m0/s1. The molecule has 0 amide bonds. The molecule has 1 aromatic carbocycles. The van der Waals surface area contributed by atoms with Crippen LogP contribution in [0.1, 0.15) is 5.56 Å². The summed E-state index contributed by atoms with van der Waals surface area (Å²) in [6.07, 6.45) is 4.48.